The topological polar surface area (TPSA) is 71.5 Å². The third kappa shape index (κ3) is 4.07. The molecule has 1 atom stereocenters. The van der Waals surface area contributed by atoms with Crippen molar-refractivity contribution in [2.75, 3.05) is 10.2 Å². The second-order valence-corrected chi connectivity index (χ2v) is 7.13. The van der Waals surface area contributed by atoms with Crippen LogP contribution in [0.3, 0.4) is 0 Å². The number of carbonyl (C=O) groups is 2. The smallest absolute Gasteiger partial charge is 0.268 e. The zero-order chi connectivity index (χ0) is 20.4. The zero-order valence-corrected chi connectivity index (χ0v) is 16.4. The maximum absolute atomic E-state index is 12.8. The van der Waals surface area contributed by atoms with Crippen LogP contribution in [0.2, 0.25) is 5.02 Å². The largest absolute Gasteiger partial charge is 0.479 e. The summed E-state index contributed by atoms with van der Waals surface area (Å²) in [5.41, 5.74) is 2.49. The molecule has 29 heavy (non-hydrogen) atoms. The van der Waals surface area contributed by atoms with E-state index in [1.807, 2.05) is 18.2 Å². The standard InChI is InChI=1S/C22H18ClN3O3/c1-14-22(28)26(13-15-4-2-6-17(23)10-15)19-11-18(7-8-20(19)29-14)25-21(27)16-5-3-9-24-12-16/h2-12,14H,13H2,1H3,(H,25,27). The van der Waals surface area contributed by atoms with E-state index in [0.717, 1.165) is 5.56 Å². The molecule has 2 heterocycles. The van der Waals surface area contributed by atoms with Gasteiger partial charge in [0.1, 0.15) is 5.75 Å². The van der Waals surface area contributed by atoms with Gasteiger partial charge in [-0.15, -0.1) is 0 Å². The first kappa shape index (κ1) is 19.0. The van der Waals surface area contributed by atoms with Crippen molar-refractivity contribution in [3.8, 4) is 5.75 Å². The highest BCUT2D eigenvalue weighted by atomic mass is 35.5. The number of pyridine rings is 1. The number of benzene rings is 2. The molecule has 1 aliphatic heterocycles. The van der Waals surface area contributed by atoms with Crippen molar-refractivity contribution >= 4 is 34.8 Å². The number of aromatic nitrogens is 1. The molecule has 0 radical (unpaired) electrons. The molecular weight excluding hydrogens is 390 g/mol. The highest BCUT2D eigenvalue weighted by Gasteiger charge is 2.32. The van der Waals surface area contributed by atoms with Crippen LogP contribution < -0.4 is 15.0 Å². The van der Waals surface area contributed by atoms with E-state index in [2.05, 4.69) is 10.3 Å². The van der Waals surface area contributed by atoms with E-state index in [9.17, 15) is 9.59 Å². The molecule has 1 aliphatic rings. The number of nitrogens with one attached hydrogen (secondary N) is 1. The molecule has 3 aromatic rings. The van der Waals surface area contributed by atoms with Gasteiger partial charge in [-0.2, -0.15) is 0 Å². The average Bonchev–Trinajstić information content (AvgIpc) is 2.72. The summed E-state index contributed by atoms with van der Waals surface area (Å²) in [6.45, 7) is 2.06. The molecule has 0 saturated carbocycles. The first-order valence-electron chi connectivity index (χ1n) is 9.09. The molecule has 0 saturated heterocycles. The number of halogens is 1. The van der Waals surface area contributed by atoms with E-state index in [0.29, 0.717) is 34.3 Å². The van der Waals surface area contributed by atoms with Crippen LogP contribution in [0, 0.1) is 0 Å². The van der Waals surface area contributed by atoms with Gasteiger partial charge in [-0.3, -0.25) is 14.6 Å². The van der Waals surface area contributed by atoms with Crippen molar-refractivity contribution in [2.24, 2.45) is 0 Å². The molecular formula is C22H18ClN3O3. The molecule has 146 valence electrons. The van der Waals surface area contributed by atoms with Crippen molar-refractivity contribution in [1.29, 1.82) is 0 Å². The maximum atomic E-state index is 12.8. The molecule has 6 nitrogen and oxygen atoms in total. The Morgan fingerprint density at radius 2 is 2.07 bits per heavy atom. The summed E-state index contributed by atoms with van der Waals surface area (Å²) in [5.74, 6) is 0.141. The lowest BCUT2D eigenvalue weighted by atomic mass is 10.1. The minimum atomic E-state index is -0.600. The van der Waals surface area contributed by atoms with Crippen molar-refractivity contribution in [2.45, 2.75) is 19.6 Å². The molecule has 0 aliphatic carbocycles. The van der Waals surface area contributed by atoms with Crippen LogP contribution in [-0.4, -0.2) is 22.9 Å². The number of fused-ring (bicyclic) bond motifs is 1. The predicted molar refractivity (Wildman–Crippen MR) is 111 cm³/mol. The van der Waals surface area contributed by atoms with Crippen LogP contribution in [0.15, 0.2) is 67.0 Å². The fraction of sp³-hybridized carbons (Fsp3) is 0.136. The van der Waals surface area contributed by atoms with Gasteiger partial charge in [-0.1, -0.05) is 23.7 Å². The van der Waals surface area contributed by atoms with Crippen molar-refractivity contribution < 1.29 is 14.3 Å². The molecule has 1 unspecified atom stereocenters. The Labute approximate surface area is 173 Å². The SMILES string of the molecule is CC1Oc2ccc(NC(=O)c3cccnc3)cc2N(Cc2cccc(Cl)c2)C1=O. The summed E-state index contributed by atoms with van der Waals surface area (Å²) in [5, 5.41) is 3.44. The Kier molecular flexibility index (Phi) is 5.18. The fourth-order valence-electron chi connectivity index (χ4n) is 3.17. The lowest BCUT2D eigenvalue weighted by Crippen LogP contribution is -2.44. The fourth-order valence-corrected chi connectivity index (χ4v) is 3.38. The molecule has 4 rings (SSSR count). The Morgan fingerprint density at radius 3 is 2.83 bits per heavy atom. The summed E-state index contributed by atoms with van der Waals surface area (Å²) in [4.78, 5) is 30.8. The quantitative estimate of drug-likeness (QED) is 0.699. The number of hydrogen-bond acceptors (Lipinski definition) is 4. The number of rotatable bonds is 4. The molecule has 0 fully saturated rings. The highest BCUT2D eigenvalue weighted by molar-refractivity contribution is 6.30. The summed E-state index contributed by atoms with van der Waals surface area (Å²) in [7, 11) is 0. The van der Waals surface area contributed by atoms with Gasteiger partial charge in [0, 0.05) is 23.1 Å². The van der Waals surface area contributed by atoms with Gasteiger partial charge in [0.2, 0.25) is 0 Å². The summed E-state index contributed by atoms with van der Waals surface area (Å²) >= 11 is 6.09. The molecule has 2 amide bonds. The van der Waals surface area contributed by atoms with Crippen LogP contribution in [0.1, 0.15) is 22.8 Å². The van der Waals surface area contributed by atoms with Gasteiger partial charge in [0.25, 0.3) is 11.8 Å². The highest BCUT2D eigenvalue weighted by Crippen LogP contribution is 2.37. The second-order valence-electron chi connectivity index (χ2n) is 6.69. The zero-order valence-electron chi connectivity index (χ0n) is 15.6. The van der Waals surface area contributed by atoms with E-state index in [-0.39, 0.29) is 11.8 Å². The summed E-state index contributed by atoms with van der Waals surface area (Å²) in [6.07, 6.45) is 2.50. The second kappa shape index (κ2) is 7.93. The van der Waals surface area contributed by atoms with Gasteiger partial charge >= 0.3 is 0 Å². The number of nitrogens with zero attached hydrogens (tertiary/aromatic N) is 2. The number of anilines is 2. The number of hydrogen-bond donors (Lipinski definition) is 1. The third-order valence-electron chi connectivity index (χ3n) is 4.58. The molecule has 0 spiro atoms. The van der Waals surface area contributed by atoms with Crippen molar-refractivity contribution in [1.82, 2.24) is 4.98 Å². The van der Waals surface area contributed by atoms with E-state index in [4.69, 9.17) is 16.3 Å². The monoisotopic (exact) mass is 407 g/mol. The normalized spacial score (nSPS) is 15.4. The Morgan fingerprint density at radius 1 is 1.21 bits per heavy atom. The Balaban J connectivity index is 1.64. The first-order chi connectivity index (χ1) is 14.0. The van der Waals surface area contributed by atoms with Crippen LogP contribution in [0.5, 0.6) is 5.75 Å². The summed E-state index contributed by atoms with van der Waals surface area (Å²) < 4.78 is 5.74. The van der Waals surface area contributed by atoms with Crippen LogP contribution >= 0.6 is 11.6 Å². The van der Waals surface area contributed by atoms with Crippen LogP contribution in [0.4, 0.5) is 11.4 Å². The molecule has 1 N–H and O–H groups in total. The summed E-state index contributed by atoms with van der Waals surface area (Å²) in [6, 6.07) is 16.0. The van der Waals surface area contributed by atoms with Gasteiger partial charge in [-0.05, 0) is 55.0 Å². The van der Waals surface area contributed by atoms with E-state index < -0.39 is 6.10 Å². The molecule has 2 aromatic carbocycles. The molecule has 7 heteroatoms. The average molecular weight is 408 g/mol. The van der Waals surface area contributed by atoms with Crippen LogP contribution in [0.25, 0.3) is 0 Å². The number of amides is 2. The van der Waals surface area contributed by atoms with E-state index in [1.54, 1.807) is 54.4 Å². The van der Waals surface area contributed by atoms with Gasteiger partial charge in [0.15, 0.2) is 6.10 Å². The lowest BCUT2D eigenvalue weighted by molar-refractivity contribution is -0.125. The van der Waals surface area contributed by atoms with E-state index >= 15 is 0 Å². The minimum absolute atomic E-state index is 0.159. The molecule has 1 aromatic heterocycles. The van der Waals surface area contributed by atoms with E-state index in [1.165, 1.54) is 6.20 Å². The Bertz CT molecular complexity index is 1070. The minimum Gasteiger partial charge on any atom is -0.479 e. The van der Waals surface area contributed by atoms with Gasteiger partial charge in [0.05, 0.1) is 17.8 Å². The third-order valence-corrected chi connectivity index (χ3v) is 4.81. The maximum Gasteiger partial charge on any atom is 0.268 e. The van der Waals surface area contributed by atoms with Crippen molar-refractivity contribution in [3.05, 3.63) is 83.1 Å². The van der Waals surface area contributed by atoms with Gasteiger partial charge < -0.3 is 15.0 Å². The lowest BCUT2D eigenvalue weighted by Gasteiger charge is -2.33. The predicted octanol–water partition coefficient (Wildman–Crippen LogP) is 4.30. The number of carbonyl (C=O) groups excluding carboxylic acids is 2. The van der Waals surface area contributed by atoms with Crippen LogP contribution in [-0.2, 0) is 11.3 Å². The number of ether oxygens (including phenoxy) is 1. The first-order valence-corrected chi connectivity index (χ1v) is 9.47. The Hall–Kier alpha value is -3.38. The molecule has 0 bridgehead atoms. The van der Waals surface area contributed by atoms with Crippen molar-refractivity contribution in [3.63, 3.8) is 0 Å². The van der Waals surface area contributed by atoms with Gasteiger partial charge in [-0.25, -0.2) is 0 Å².